The minimum Gasteiger partial charge on any atom is -0.381 e. The summed E-state index contributed by atoms with van der Waals surface area (Å²) < 4.78 is 20.2. The Kier molecular flexibility index (Phi) is 4.38. The molecule has 0 radical (unpaired) electrons. The van der Waals surface area contributed by atoms with Crippen molar-refractivity contribution in [1.29, 1.82) is 0 Å². The van der Waals surface area contributed by atoms with E-state index in [4.69, 9.17) is 10.5 Å². The summed E-state index contributed by atoms with van der Waals surface area (Å²) >= 11 is 0. The fourth-order valence-corrected chi connectivity index (χ4v) is 3.28. The maximum atomic E-state index is 13.2. The molecule has 0 bridgehead atoms. The number of hydrogen-bond acceptors (Lipinski definition) is 5. The van der Waals surface area contributed by atoms with Crippen molar-refractivity contribution in [3.8, 4) is 11.3 Å². The molecule has 0 aliphatic carbocycles. The zero-order valence-electron chi connectivity index (χ0n) is 14.2. The smallest absolute Gasteiger partial charge is 0.294 e. The minimum atomic E-state index is -0.326. The van der Waals surface area contributed by atoms with Gasteiger partial charge >= 0.3 is 0 Å². The molecule has 2 N–H and O–H groups in total. The largest absolute Gasteiger partial charge is 0.381 e. The number of rotatable bonds is 3. The molecule has 2 aromatic heterocycles. The monoisotopic (exact) mass is 354 g/mol. The number of hydrogen-bond donors (Lipinski definition) is 1. The highest BCUT2D eigenvalue weighted by Gasteiger charge is 2.18. The van der Waals surface area contributed by atoms with E-state index >= 15 is 0 Å². The Balaban J connectivity index is 1.82. The SMILES string of the molecule is Nc1nc2ccc(-c3ccc(F)cc3)nc2n(CC2CCOCC2)c1=O. The summed E-state index contributed by atoms with van der Waals surface area (Å²) in [5, 5.41) is 0. The van der Waals surface area contributed by atoms with Crippen molar-refractivity contribution in [3.05, 3.63) is 52.6 Å². The van der Waals surface area contributed by atoms with E-state index in [0.717, 1.165) is 18.4 Å². The van der Waals surface area contributed by atoms with Gasteiger partial charge in [0.25, 0.3) is 5.56 Å². The molecule has 1 fully saturated rings. The van der Waals surface area contributed by atoms with E-state index in [1.165, 1.54) is 12.1 Å². The number of aromatic nitrogens is 3. The first-order valence-electron chi connectivity index (χ1n) is 8.62. The quantitative estimate of drug-likeness (QED) is 0.782. The zero-order valence-corrected chi connectivity index (χ0v) is 14.2. The third-order valence-corrected chi connectivity index (χ3v) is 4.74. The highest BCUT2D eigenvalue weighted by molar-refractivity contribution is 5.76. The summed E-state index contributed by atoms with van der Waals surface area (Å²) in [6, 6.07) is 9.68. The van der Waals surface area contributed by atoms with Gasteiger partial charge in [0.15, 0.2) is 11.5 Å². The Hall–Kier alpha value is -2.80. The molecule has 134 valence electrons. The van der Waals surface area contributed by atoms with E-state index in [9.17, 15) is 9.18 Å². The first-order chi connectivity index (χ1) is 12.6. The van der Waals surface area contributed by atoms with Crippen LogP contribution in [-0.2, 0) is 11.3 Å². The second-order valence-corrected chi connectivity index (χ2v) is 6.51. The summed E-state index contributed by atoms with van der Waals surface area (Å²) in [5.74, 6) is 0.00373. The maximum absolute atomic E-state index is 13.2. The van der Waals surface area contributed by atoms with Crippen LogP contribution in [0.15, 0.2) is 41.2 Å². The van der Waals surface area contributed by atoms with E-state index in [2.05, 4.69) is 9.97 Å². The van der Waals surface area contributed by atoms with Crippen molar-refractivity contribution in [2.24, 2.45) is 5.92 Å². The van der Waals surface area contributed by atoms with Crippen molar-refractivity contribution in [2.45, 2.75) is 19.4 Å². The zero-order chi connectivity index (χ0) is 18.1. The van der Waals surface area contributed by atoms with Crippen molar-refractivity contribution >= 4 is 17.0 Å². The van der Waals surface area contributed by atoms with Gasteiger partial charge in [-0.3, -0.25) is 9.36 Å². The van der Waals surface area contributed by atoms with E-state index in [-0.39, 0.29) is 17.2 Å². The van der Waals surface area contributed by atoms with Crippen LogP contribution in [0.1, 0.15) is 12.8 Å². The molecule has 0 saturated carbocycles. The fourth-order valence-electron chi connectivity index (χ4n) is 3.28. The van der Waals surface area contributed by atoms with Crippen molar-refractivity contribution in [3.63, 3.8) is 0 Å². The molecule has 1 aromatic carbocycles. The summed E-state index contributed by atoms with van der Waals surface area (Å²) in [6.07, 6.45) is 1.79. The van der Waals surface area contributed by atoms with Crippen molar-refractivity contribution in [2.75, 3.05) is 18.9 Å². The predicted octanol–water partition coefficient (Wildman–Crippen LogP) is 2.61. The van der Waals surface area contributed by atoms with Crippen LogP contribution in [0.3, 0.4) is 0 Å². The van der Waals surface area contributed by atoms with Crippen LogP contribution in [0.5, 0.6) is 0 Å². The summed E-state index contributed by atoms with van der Waals surface area (Å²) in [7, 11) is 0. The van der Waals surface area contributed by atoms with Crippen LogP contribution in [-0.4, -0.2) is 27.7 Å². The highest BCUT2D eigenvalue weighted by atomic mass is 19.1. The molecule has 3 heterocycles. The van der Waals surface area contributed by atoms with Crippen molar-refractivity contribution in [1.82, 2.24) is 14.5 Å². The first kappa shape index (κ1) is 16.7. The molecule has 7 heteroatoms. The molecule has 6 nitrogen and oxygen atoms in total. The predicted molar refractivity (Wildman–Crippen MR) is 97.1 cm³/mol. The lowest BCUT2D eigenvalue weighted by molar-refractivity contribution is 0.0613. The fraction of sp³-hybridized carbons (Fsp3) is 0.316. The molecule has 3 aromatic rings. The minimum absolute atomic E-state index is 0.0270. The molecule has 0 unspecified atom stereocenters. The second kappa shape index (κ2) is 6.84. The Labute approximate surface area is 149 Å². The molecular weight excluding hydrogens is 335 g/mol. The van der Waals surface area contributed by atoms with E-state index in [0.29, 0.717) is 42.5 Å². The van der Waals surface area contributed by atoms with Crippen LogP contribution >= 0.6 is 0 Å². The number of fused-ring (bicyclic) bond motifs is 1. The molecule has 1 aliphatic rings. The van der Waals surface area contributed by atoms with Crippen LogP contribution in [0, 0.1) is 11.7 Å². The summed E-state index contributed by atoms with van der Waals surface area (Å²) in [5.41, 5.74) is 7.99. The Bertz CT molecular complexity index is 995. The Morgan fingerprint density at radius 1 is 1.12 bits per heavy atom. The number of halogens is 1. The van der Waals surface area contributed by atoms with Crippen LogP contribution in [0.4, 0.5) is 10.2 Å². The lowest BCUT2D eigenvalue weighted by Gasteiger charge is -2.23. The Morgan fingerprint density at radius 3 is 2.58 bits per heavy atom. The molecule has 0 atom stereocenters. The van der Waals surface area contributed by atoms with Gasteiger partial charge in [0.1, 0.15) is 11.3 Å². The normalized spacial score (nSPS) is 15.4. The average Bonchev–Trinajstić information content (AvgIpc) is 2.67. The van der Waals surface area contributed by atoms with E-state index < -0.39 is 0 Å². The number of pyridine rings is 1. The van der Waals surface area contributed by atoms with Gasteiger partial charge in [-0.2, -0.15) is 0 Å². The van der Waals surface area contributed by atoms with Gasteiger partial charge < -0.3 is 10.5 Å². The van der Waals surface area contributed by atoms with Gasteiger partial charge in [0.2, 0.25) is 0 Å². The molecule has 1 aliphatic heterocycles. The van der Waals surface area contributed by atoms with E-state index in [1.807, 2.05) is 0 Å². The second-order valence-electron chi connectivity index (χ2n) is 6.51. The number of nitrogens with zero attached hydrogens (tertiary/aromatic N) is 3. The number of anilines is 1. The molecule has 4 rings (SSSR count). The average molecular weight is 354 g/mol. The van der Waals surface area contributed by atoms with Gasteiger partial charge in [-0.25, -0.2) is 14.4 Å². The highest BCUT2D eigenvalue weighted by Crippen LogP contribution is 2.22. The maximum Gasteiger partial charge on any atom is 0.294 e. The number of ether oxygens (including phenoxy) is 1. The topological polar surface area (TPSA) is 83.0 Å². The van der Waals surface area contributed by atoms with Crippen LogP contribution < -0.4 is 11.3 Å². The van der Waals surface area contributed by atoms with Gasteiger partial charge in [-0.15, -0.1) is 0 Å². The molecule has 1 saturated heterocycles. The van der Waals surface area contributed by atoms with Gasteiger partial charge in [0, 0.05) is 25.3 Å². The number of nitrogens with two attached hydrogens (primary N) is 1. The van der Waals surface area contributed by atoms with Crippen LogP contribution in [0.2, 0.25) is 0 Å². The van der Waals surface area contributed by atoms with Gasteiger partial charge in [-0.05, 0) is 55.2 Å². The van der Waals surface area contributed by atoms with E-state index in [1.54, 1.807) is 28.8 Å². The number of benzene rings is 1. The summed E-state index contributed by atoms with van der Waals surface area (Å²) in [4.78, 5) is 21.4. The van der Waals surface area contributed by atoms with Gasteiger partial charge in [0.05, 0.1) is 5.69 Å². The molecular formula is C19H19FN4O2. The van der Waals surface area contributed by atoms with Gasteiger partial charge in [-0.1, -0.05) is 0 Å². The molecule has 26 heavy (non-hydrogen) atoms. The molecule has 0 amide bonds. The summed E-state index contributed by atoms with van der Waals surface area (Å²) in [6.45, 7) is 1.93. The third-order valence-electron chi connectivity index (χ3n) is 4.74. The van der Waals surface area contributed by atoms with Crippen LogP contribution in [0.25, 0.3) is 22.4 Å². The standard InChI is InChI=1S/C19H19FN4O2/c20-14-3-1-13(2-4-14)15-5-6-16-18(23-15)24(19(25)17(21)22-16)11-12-7-9-26-10-8-12/h1-6,12H,7-11H2,(H2,21,22). The molecule has 0 spiro atoms. The third kappa shape index (κ3) is 3.17. The lowest BCUT2D eigenvalue weighted by Crippen LogP contribution is -2.30. The lowest BCUT2D eigenvalue weighted by atomic mass is 10.0. The number of nitrogen functional groups attached to an aromatic ring is 1. The first-order valence-corrected chi connectivity index (χ1v) is 8.62. The Morgan fingerprint density at radius 2 is 1.85 bits per heavy atom. The van der Waals surface area contributed by atoms with Crippen molar-refractivity contribution < 1.29 is 9.13 Å².